The van der Waals surface area contributed by atoms with Gasteiger partial charge in [-0.3, -0.25) is 9.69 Å². The van der Waals surface area contributed by atoms with Crippen molar-refractivity contribution in [1.82, 2.24) is 15.5 Å². The zero-order chi connectivity index (χ0) is 12.5. The normalized spacial score (nSPS) is 18.9. The molecular weight excluding hydrogens is 218 g/mol. The Bertz CT molecular complexity index is 218. The lowest BCUT2D eigenvalue weighted by Gasteiger charge is -2.26. The lowest BCUT2D eigenvalue weighted by atomic mass is 10.1. The Kier molecular flexibility index (Phi) is 7.16. The highest BCUT2D eigenvalue weighted by Gasteiger charge is 2.15. The maximum atomic E-state index is 11.8. The van der Waals surface area contributed by atoms with Crippen molar-refractivity contribution in [1.29, 1.82) is 0 Å². The number of amides is 1. The zero-order valence-electron chi connectivity index (χ0n) is 11.0. The Morgan fingerprint density at radius 2 is 2.12 bits per heavy atom. The molecule has 5 heteroatoms. The molecule has 5 nitrogen and oxygen atoms in total. The van der Waals surface area contributed by atoms with Gasteiger partial charge in [-0.1, -0.05) is 13.3 Å². The number of morpholine rings is 1. The van der Waals surface area contributed by atoms with Crippen LogP contribution in [0.1, 0.15) is 19.8 Å². The van der Waals surface area contributed by atoms with Crippen LogP contribution in [0.2, 0.25) is 0 Å². The first kappa shape index (κ1) is 14.4. The Labute approximate surface area is 104 Å². The number of carbonyl (C=O) groups excluding carboxylic acids is 1. The van der Waals surface area contributed by atoms with Crippen molar-refractivity contribution in [2.45, 2.75) is 25.8 Å². The van der Waals surface area contributed by atoms with Gasteiger partial charge in [0.05, 0.1) is 19.3 Å². The van der Waals surface area contributed by atoms with Crippen LogP contribution in [0, 0.1) is 0 Å². The van der Waals surface area contributed by atoms with E-state index in [9.17, 15) is 4.79 Å². The largest absolute Gasteiger partial charge is 0.379 e. The molecule has 1 saturated heterocycles. The molecule has 1 amide bonds. The fraction of sp³-hybridized carbons (Fsp3) is 0.917. The highest BCUT2D eigenvalue weighted by atomic mass is 16.5. The third-order valence-corrected chi connectivity index (χ3v) is 3.07. The van der Waals surface area contributed by atoms with Crippen molar-refractivity contribution in [3.05, 3.63) is 0 Å². The highest BCUT2D eigenvalue weighted by molar-refractivity contribution is 5.81. The van der Waals surface area contributed by atoms with Gasteiger partial charge in [0.15, 0.2) is 0 Å². The number of carbonyl (C=O) groups is 1. The van der Waals surface area contributed by atoms with Crippen LogP contribution < -0.4 is 10.6 Å². The van der Waals surface area contributed by atoms with E-state index in [0.29, 0.717) is 0 Å². The first-order chi connectivity index (χ1) is 8.27. The van der Waals surface area contributed by atoms with E-state index in [-0.39, 0.29) is 11.9 Å². The number of hydrogen-bond acceptors (Lipinski definition) is 4. The Morgan fingerprint density at radius 3 is 2.71 bits per heavy atom. The van der Waals surface area contributed by atoms with Gasteiger partial charge in [-0.25, -0.2) is 0 Å². The number of nitrogens with zero attached hydrogens (tertiary/aromatic N) is 1. The van der Waals surface area contributed by atoms with Crippen molar-refractivity contribution in [2.24, 2.45) is 0 Å². The fourth-order valence-corrected chi connectivity index (χ4v) is 1.98. The van der Waals surface area contributed by atoms with E-state index in [1.165, 1.54) is 0 Å². The van der Waals surface area contributed by atoms with Crippen LogP contribution in [-0.2, 0) is 9.53 Å². The summed E-state index contributed by atoms with van der Waals surface area (Å²) in [7, 11) is 1.84. The molecule has 0 spiro atoms. The monoisotopic (exact) mass is 243 g/mol. The predicted octanol–water partition coefficient (Wildman–Crippen LogP) is -0.177. The van der Waals surface area contributed by atoms with Gasteiger partial charge in [0, 0.05) is 26.2 Å². The third kappa shape index (κ3) is 5.48. The second-order valence-electron chi connectivity index (χ2n) is 4.37. The van der Waals surface area contributed by atoms with Crippen LogP contribution in [-0.4, -0.2) is 63.3 Å². The standard InChI is InChI=1S/C12H25N3O2/c1-3-4-11(13-2)12(16)14-5-6-15-7-9-17-10-8-15/h11,13H,3-10H2,1-2H3,(H,14,16)/t11-/m0/s1. The second kappa shape index (κ2) is 8.44. The van der Waals surface area contributed by atoms with E-state index in [2.05, 4.69) is 22.5 Å². The SMILES string of the molecule is CCC[C@H](NC)C(=O)NCCN1CCOCC1. The van der Waals surface area contributed by atoms with Gasteiger partial charge in [0.1, 0.15) is 0 Å². The van der Waals surface area contributed by atoms with Gasteiger partial charge in [-0.05, 0) is 13.5 Å². The quantitative estimate of drug-likeness (QED) is 0.651. The molecule has 0 aliphatic carbocycles. The molecule has 0 bridgehead atoms. The minimum Gasteiger partial charge on any atom is -0.379 e. The molecule has 1 rings (SSSR count). The lowest BCUT2D eigenvalue weighted by molar-refractivity contribution is -0.123. The van der Waals surface area contributed by atoms with Crippen LogP contribution in [0.15, 0.2) is 0 Å². The van der Waals surface area contributed by atoms with Crippen molar-refractivity contribution < 1.29 is 9.53 Å². The Hall–Kier alpha value is -0.650. The van der Waals surface area contributed by atoms with Gasteiger partial charge in [-0.15, -0.1) is 0 Å². The Morgan fingerprint density at radius 1 is 1.41 bits per heavy atom. The number of ether oxygens (including phenoxy) is 1. The Balaban J connectivity index is 2.13. The van der Waals surface area contributed by atoms with Crippen LogP contribution >= 0.6 is 0 Å². The van der Waals surface area contributed by atoms with Gasteiger partial charge in [-0.2, -0.15) is 0 Å². The topological polar surface area (TPSA) is 53.6 Å². The van der Waals surface area contributed by atoms with E-state index in [1.54, 1.807) is 0 Å². The molecule has 100 valence electrons. The van der Waals surface area contributed by atoms with E-state index in [4.69, 9.17) is 4.74 Å². The van der Waals surface area contributed by atoms with E-state index < -0.39 is 0 Å². The molecule has 0 radical (unpaired) electrons. The van der Waals surface area contributed by atoms with Crippen molar-refractivity contribution in [3.63, 3.8) is 0 Å². The molecule has 2 N–H and O–H groups in total. The summed E-state index contributed by atoms with van der Waals surface area (Å²) in [5.41, 5.74) is 0. The number of likely N-dealkylation sites (N-methyl/N-ethyl adjacent to an activating group) is 1. The predicted molar refractivity (Wildman–Crippen MR) is 68.0 cm³/mol. The van der Waals surface area contributed by atoms with Crippen molar-refractivity contribution >= 4 is 5.91 Å². The van der Waals surface area contributed by atoms with Gasteiger partial charge < -0.3 is 15.4 Å². The number of rotatable bonds is 7. The molecule has 0 aromatic rings. The minimum atomic E-state index is -0.0512. The molecule has 17 heavy (non-hydrogen) atoms. The van der Waals surface area contributed by atoms with Gasteiger partial charge in [0.25, 0.3) is 0 Å². The summed E-state index contributed by atoms with van der Waals surface area (Å²) in [5, 5.41) is 6.03. The maximum Gasteiger partial charge on any atom is 0.237 e. The summed E-state index contributed by atoms with van der Waals surface area (Å²) in [6, 6.07) is -0.0512. The average molecular weight is 243 g/mol. The lowest BCUT2D eigenvalue weighted by Crippen LogP contribution is -2.46. The molecule has 1 fully saturated rings. The molecule has 1 heterocycles. The van der Waals surface area contributed by atoms with Crippen molar-refractivity contribution in [3.8, 4) is 0 Å². The molecule has 1 atom stereocenters. The van der Waals surface area contributed by atoms with Crippen LogP contribution in [0.3, 0.4) is 0 Å². The number of hydrogen-bond donors (Lipinski definition) is 2. The average Bonchev–Trinajstić information content (AvgIpc) is 2.37. The molecule has 0 unspecified atom stereocenters. The van der Waals surface area contributed by atoms with Crippen LogP contribution in [0.25, 0.3) is 0 Å². The van der Waals surface area contributed by atoms with Crippen LogP contribution in [0.4, 0.5) is 0 Å². The molecule has 1 aliphatic heterocycles. The molecule has 0 aromatic carbocycles. The summed E-state index contributed by atoms with van der Waals surface area (Å²) in [6.07, 6.45) is 1.91. The molecule has 0 aromatic heterocycles. The maximum absolute atomic E-state index is 11.8. The van der Waals surface area contributed by atoms with Crippen molar-refractivity contribution in [2.75, 3.05) is 46.4 Å². The molecule has 1 aliphatic rings. The molecular formula is C12H25N3O2. The van der Waals surface area contributed by atoms with Gasteiger partial charge >= 0.3 is 0 Å². The van der Waals surface area contributed by atoms with Crippen LogP contribution in [0.5, 0.6) is 0 Å². The summed E-state index contributed by atoms with van der Waals surface area (Å²) in [5.74, 6) is 0.114. The summed E-state index contributed by atoms with van der Waals surface area (Å²) < 4.78 is 5.28. The number of nitrogens with one attached hydrogen (secondary N) is 2. The first-order valence-electron chi connectivity index (χ1n) is 6.53. The van der Waals surface area contributed by atoms with Gasteiger partial charge in [0.2, 0.25) is 5.91 Å². The van der Waals surface area contributed by atoms with E-state index >= 15 is 0 Å². The smallest absolute Gasteiger partial charge is 0.237 e. The van der Waals surface area contributed by atoms with E-state index in [1.807, 2.05) is 7.05 Å². The summed E-state index contributed by atoms with van der Waals surface area (Å²) in [4.78, 5) is 14.1. The van der Waals surface area contributed by atoms with E-state index in [0.717, 1.165) is 52.2 Å². The summed E-state index contributed by atoms with van der Waals surface area (Å²) >= 11 is 0. The summed E-state index contributed by atoms with van der Waals surface area (Å²) in [6.45, 7) is 7.29. The highest BCUT2D eigenvalue weighted by Crippen LogP contribution is 1.97. The minimum absolute atomic E-state index is 0.0512. The first-order valence-corrected chi connectivity index (χ1v) is 6.53. The molecule has 0 saturated carbocycles. The third-order valence-electron chi connectivity index (χ3n) is 3.07. The second-order valence-corrected chi connectivity index (χ2v) is 4.37. The fourth-order valence-electron chi connectivity index (χ4n) is 1.98. The zero-order valence-corrected chi connectivity index (χ0v) is 11.0.